The van der Waals surface area contributed by atoms with Gasteiger partial charge in [-0.1, -0.05) is 6.07 Å². The second-order valence-electron chi connectivity index (χ2n) is 2.06. The molecule has 1 nitrogen and oxygen atoms in total. The summed E-state index contributed by atoms with van der Waals surface area (Å²) in [6, 6.07) is 4.88. The van der Waals surface area contributed by atoms with Gasteiger partial charge in [-0.05, 0) is 33.6 Å². The largest absolute Gasteiger partial charge is 0.296 e. The van der Waals surface area contributed by atoms with Crippen molar-refractivity contribution in [2.45, 2.75) is 0 Å². The first-order valence-corrected chi connectivity index (χ1v) is 3.90. The van der Waals surface area contributed by atoms with Gasteiger partial charge in [0, 0.05) is 13.3 Å². The maximum atomic E-state index is 12.8. The fourth-order valence-corrected chi connectivity index (χ4v) is 0.988. The first-order chi connectivity index (χ1) is 5.24. The Labute approximate surface area is 73.1 Å². The summed E-state index contributed by atoms with van der Waals surface area (Å²) in [4.78, 5) is 3.77. The van der Waals surface area contributed by atoms with Gasteiger partial charge in [0.2, 0.25) is 0 Å². The Hall–Kier alpha value is -0.700. The standard InChI is InChI=1S/C8H7BrFN/c1-11-5-6-2-3-7(9)8(10)4-6/h2-5H,1H3. The zero-order chi connectivity index (χ0) is 8.27. The molecular weight excluding hydrogens is 209 g/mol. The van der Waals surface area contributed by atoms with Crippen LogP contribution in [0.4, 0.5) is 4.39 Å². The third-order valence-corrected chi connectivity index (χ3v) is 1.86. The summed E-state index contributed by atoms with van der Waals surface area (Å²) in [6.45, 7) is 0. The molecule has 0 N–H and O–H groups in total. The number of rotatable bonds is 1. The zero-order valence-corrected chi connectivity index (χ0v) is 7.60. The number of aliphatic imine (C=N–C) groups is 1. The maximum absolute atomic E-state index is 12.8. The van der Waals surface area contributed by atoms with Crippen LogP contribution in [0.25, 0.3) is 0 Å². The fourth-order valence-electron chi connectivity index (χ4n) is 0.742. The molecule has 0 amide bonds. The maximum Gasteiger partial charge on any atom is 0.138 e. The van der Waals surface area contributed by atoms with Crippen molar-refractivity contribution in [2.24, 2.45) is 4.99 Å². The first kappa shape index (κ1) is 8.40. The number of benzene rings is 1. The summed E-state index contributed by atoms with van der Waals surface area (Å²) in [5, 5.41) is 0. The molecule has 1 aromatic carbocycles. The van der Waals surface area contributed by atoms with Crippen LogP contribution < -0.4 is 0 Å². The van der Waals surface area contributed by atoms with Crippen LogP contribution in [0.15, 0.2) is 27.7 Å². The summed E-state index contributed by atoms with van der Waals surface area (Å²) < 4.78 is 13.3. The Morgan fingerprint density at radius 2 is 2.27 bits per heavy atom. The molecule has 0 spiro atoms. The molecule has 1 aromatic rings. The van der Waals surface area contributed by atoms with E-state index in [2.05, 4.69) is 20.9 Å². The van der Waals surface area contributed by atoms with Crippen molar-refractivity contribution in [2.75, 3.05) is 7.05 Å². The van der Waals surface area contributed by atoms with Crippen molar-refractivity contribution in [1.29, 1.82) is 0 Å². The third-order valence-electron chi connectivity index (χ3n) is 1.22. The minimum Gasteiger partial charge on any atom is -0.296 e. The normalized spacial score (nSPS) is 10.8. The molecule has 0 heterocycles. The summed E-state index contributed by atoms with van der Waals surface area (Å²) >= 11 is 3.06. The molecule has 0 unspecified atom stereocenters. The lowest BCUT2D eigenvalue weighted by atomic mass is 10.2. The van der Waals surface area contributed by atoms with Gasteiger partial charge in [0.05, 0.1) is 4.47 Å². The van der Waals surface area contributed by atoms with Crippen molar-refractivity contribution in [3.8, 4) is 0 Å². The summed E-state index contributed by atoms with van der Waals surface area (Å²) in [6.07, 6.45) is 1.61. The lowest BCUT2D eigenvalue weighted by molar-refractivity contribution is 0.621. The monoisotopic (exact) mass is 215 g/mol. The minimum atomic E-state index is -0.262. The van der Waals surface area contributed by atoms with Crippen LogP contribution in [-0.2, 0) is 0 Å². The van der Waals surface area contributed by atoms with E-state index in [1.54, 1.807) is 25.4 Å². The Morgan fingerprint density at radius 1 is 1.55 bits per heavy atom. The molecule has 0 aliphatic carbocycles. The second kappa shape index (κ2) is 3.62. The van der Waals surface area contributed by atoms with Crippen molar-refractivity contribution in [1.82, 2.24) is 0 Å². The van der Waals surface area contributed by atoms with Gasteiger partial charge in [-0.2, -0.15) is 0 Å². The number of halogens is 2. The highest BCUT2D eigenvalue weighted by Gasteiger charge is 1.97. The van der Waals surface area contributed by atoms with Gasteiger partial charge in [-0.15, -0.1) is 0 Å². The summed E-state index contributed by atoms with van der Waals surface area (Å²) in [7, 11) is 1.65. The van der Waals surface area contributed by atoms with E-state index in [0.29, 0.717) is 4.47 Å². The SMILES string of the molecule is CN=Cc1ccc(Br)c(F)c1. The van der Waals surface area contributed by atoms with Crippen molar-refractivity contribution >= 4 is 22.1 Å². The fraction of sp³-hybridized carbons (Fsp3) is 0.125. The van der Waals surface area contributed by atoms with E-state index in [-0.39, 0.29) is 5.82 Å². The number of nitrogens with zero attached hydrogens (tertiary/aromatic N) is 1. The highest BCUT2D eigenvalue weighted by molar-refractivity contribution is 9.10. The van der Waals surface area contributed by atoms with Gasteiger partial charge in [0.25, 0.3) is 0 Å². The average molecular weight is 216 g/mol. The summed E-state index contributed by atoms with van der Waals surface area (Å²) in [5.41, 5.74) is 0.771. The predicted octanol–water partition coefficient (Wildman–Crippen LogP) is 2.64. The van der Waals surface area contributed by atoms with E-state index >= 15 is 0 Å². The summed E-state index contributed by atoms with van der Waals surface area (Å²) in [5.74, 6) is -0.262. The molecule has 11 heavy (non-hydrogen) atoms. The quantitative estimate of drug-likeness (QED) is 0.640. The zero-order valence-electron chi connectivity index (χ0n) is 6.01. The predicted molar refractivity (Wildman–Crippen MR) is 47.6 cm³/mol. The lowest BCUT2D eigenvalue weighted by Crippen LogP contribution is -1.83. The Balaban J connectivity index is 3.05. The second-order valence-corrected chi connectivity index (χ2v) is 2.92. The van der Waals surface area contributed by atoms with Crippen LogP contribution in [0, 0.1) is 5.82 Å². The van der Waals surface area contributed by atoms with Crippen molar-refractivity contribution in [3.05, 3.63) is 34.1 Å². The smallest absolute Gasteiger partial charge is 0.138 e. The van der Waals surface area contributed by atoms with Crippen LogP contribution in [0.2, 0.25) is 0 Å². The highest BCUT2D eigenvalue weighted by atomic mass is 79.9. The molecule has 0 radical (unpaired) electrons. The molecule has 0 aliphatic heterocycles. The number of hydrogen-bond donors (Lipinski definition) is 0. The minimum absolute atomic E-state index is 0.262. The van der Waals surface area contributed by atoms with E-state index in [0.717, 1.165) is 5.56 Å². The topological polar surface area (TPSA) is 12.4 Å². The Morgan fingerprint density at radius 3 is 2.82 bits per heavy atom. The average Bonchev–Trinajstić information content (AvgIpc) is 1.98. The van der Waals surface area contributed by atoms with Gasteiger partial charge in [-0.25, -0.2) is 4.39 Å². The van der Waals surface area contributed by atoms with Gasteiger partial charge in [-0.3, -0.25) is 4.99 Å². The molecule has 0 bridgehead atoms. The molecule has 0 aromatic heterocycles. The van der Waals surface area contributed by atoms with Gasteiger partial charge in [0.15, 0.2) is 0 Å². The van der Waals surface area contributed by atoms with E-state index in [1.165, 1.54) is 6.07 Å². The molecule has 58 valence electrons. The van der Waals surface area contributed by atoms with E-state index in [4.69, 9.17) is 0 Å². The third kappa shape index (κ3) is 2.12. The van der Waals surface area contributed by atoms with Gasteiger partial charge >= 0.3 is 0 Å². The van der Waals surface area contributed by atoms with Crippen LogP contribution in [0.1, 0.15) is 5.56 Å². The molecule has 1 rings (SSSR count). The van der Waals surface area contributed by atoms with Crippen LogP contribution in [0.5, 0.6) is 0 Å². The van der Waals surface area contributed by atoms with Crippen molar-refractivity contribution in [3.63, 3.8) is 0 Å². The molecule has 0 atom stereocenters. The Kier molecular flexibility index (Phi) is 2.76. The Bertz CT molecular complexity index is 283. The van der Waals surface area contributed by atoms with E-state index in [9.17, 15) is 4.39 Å². The van der Waals surface area contributed by atoms with Gasteiger partial charge in [0.1, 0.15) is 5.82 Å². The van der Waals surface area contributed by atoms with E-state index in [1.807, 2.05) is 0 Å². The molecule has 0 saturated heterocycles. The molecule has 0 aliphatic rings. The highest BCUT2D eigenvalue weighted by Crippen LogP contribution is 2.15. The van der Waals surface area contributed by atoms with Crippen LogP contribution in [-0.4, -0.2) is 13.3 Å². The van der Waals surface area contributed by atoms with Gasteiger partial charge < -0.3 is 0 Å². The first-order valence-electron chi connectivity index (χ1n) is 3.11. The van der Waals surface area contributed by atoms with E-state index < -0.39 is 0 Å². The molecular formula is C8H7BrFN. The molecule has 0 saturated carbocycles. The lowest BCUT2D eigenvalue weighted by Gasteiger charge is -1.94. The van der Waals surface area contributed by atoms with Crippen LogP contribution in [0.3, 0.4) is 0 Å². The molecule has 0 fully saturated rings. The number of hydrogen-bond acceptors (Lipinski definition) is 1. The molecule has 3 heteroatoms. The van der Waals surface area contributed by atoms with Crippen LogP contribution >= 0.6 is 15.9 Å². The van der Waals surface area contributed by atoms with Crippen molar-refractivity contribution < 1.29 is 4.39 Å².